The van der Waals surface area contributed by atoms with Crippen molar-refractivity contribution in [3.05, 3.63) is 29.6 Å². The van der Waals surface area contributed by atoms with Crippen LogP contribution in [0.1, 0.15) is 48.7 Å². The van der Waals surface area contributed by atoms with E-state index in [4.69, 9.17) is 5.11 Å². The van der Waals surface area contributed by atoms with E-state index < -0.39 is 5.97 Å². The maximum absolute atomic E-state index is 11.0. The molecule has 0 saturated heterocycles. The number of carbonyl (C=O) groups is 1. The van der Waals surface area contributed by atoms with Gasteiger partial charge in [-0.05, 0) is 36.8 Å². The first-order valence-corrected chi connectivity index (χ1v) is 6.55. The van der Waals surface area contributed by atoms with Gasteiger partial charge in [0, 0.05) is 19.3 Å². The van der Waals surface area contributed by atoms with E-state index in [2.05, 4.69) is 17.2 Å². The van der Waals surface area contributed by atoms with E-state index in [0.29, 0.717) is 23.2 Å². The number of pyridine rings is 1. The third-order valence-electron chi connectivity index (χ3n) is 3.65. The van der Waals surface area contributed by atoms with E-state index in [9.17, 15) is 4.79 Å². The fourth-order valence-corrected chi connectivity index (χ4v) is 2.44. The molecule has 0 atom stereocenters. The first kappa shape index (κ1) is 13.0. The van der Waals surface area contributed by atoms with Crippen LogP contribution in [0.4, 0.5) is 0 Å². The van der Waals surface area contributed by atoms with Gasteiger partial charge in [-0.3, -0.25) is 4.98 Å². The highest BCUT2D eigenvalue weighted by Crippen LogP contribution is 2.48. The topological polar surface area (TPSA) is 62.2 Å². The molecule has 0 aliphatic heterocycles. The first-order valence-electron chi connectivity index (χ1n) is 6.55. The van der Waals surface area contributed by atoms with Gasteiger partial charge < -0.3 is 10.4 Å². The Balaban J connectivity index is 1.89. The fourth-order valence-electron chi connectivity index (χ4n) is 2.44. The number of rotatable bonds is 7. The molecule has 1 aliphatic rings. The number of nitrogens with zero attached hydrogens (tertiary/aromatic N) is 1. The molecule has 1 aromatic heterocycles. The van der Waals surface area contributed by atoms with Crippen LogP contribution in [-0.4, -0.2) is 22.6 Å². The molecule has 1 aliphatic carbocycles. The monoisotopic (exact) mass is 248 g/mol. The quantitative estimate of drug-likeness (QED) is 0.778. The number of aromatic carboxylic acids is 1. The molecule has 0 radical (unpaired) electrons. The second kappa shape index (κ2) is 5.48. The van der Waals surface area contributed by atoms with Gasteiger partial charge in [-0.15, -0.1) is 0 Å². The smallest absolute Gasteiger partial charge is 0.337 e. The van der Waals surface area contributed by atoms with Gasteiger partial charge in [-0.2, -0.15) is 0 Å². The van der Waals surface area contributed by atoms with Gasteiger partial charge in [-0.1, -0.05) is 13.3 Å². The summed E-state index contributed by atoms with van der Waals surface area (Å²) in [7, 11) is 0. The van der Waals surface area contributed by atoms with Gasteiger partial charge in [0.2, 0.25) is 0 Å². The SMILES string of the molecule is CCCC1(CNCc2ncccc2C(=O)O)CC1. The Kier molecular flexibility index (Phi) is 3.97. The van der Waals surface area contributed by atoms with Crippen molar-refractivity contribution in [1.82, 2.24) is 10.3 Å². The lowest BCUT2D eigenvalue weighted by Gasteiger charge is -2.15. The molecule has 2 rings (SSSR count). The number of carboxylic acids is 1. The van der Waals surface area contributed by atoms with Crippen molar-refractivity contribution >= 4 is 5.97 Å². The Morgan fingerprint density at radius 1 is 1.56 bits per heavy atom. The van der Waals surface area contributed by atoms with Crippen LogP contribution in [0, 0.1) is 5.41 Å². The second-order valence-corrected chi connectivity index (χ2v) is 5.16. The summed E-state index contributed by atoms with van der Waals surface area (Å²) in [5.41, 5.74) is 1.40. The molecule has 1 heterocycles. The fraction of sp³-hybridized carbons (Fsp3) is 0.571. The van der Waals surface area contributed by atoms with Gasteiger partial charge in [0.1, 0.15) is 0 Å². The van der Waals surface area contributed by atoms with Crippen molar-refractivity contribution in [3.8, 4) is 0 Å². The lowest BCUT2D eigenvalue weighted by Crippen LogP contribution is -2.25. The van der Waals surface area contributed by atoms with E-state index >= 15 is 0 Å². The number of carboxylic acid groups (broad SMARTS) is 1. The van der Waals surface area contributed by atoms with Crippen LogP contribution in [0.3, 0.4) is 0 Å². The van der Waals surface area contributed by atoms with Gasteiger partial charge >= 0.3 is 5.97 Å². The van der Waals surface area contributed by atoms with Crippen molar-refractivity contribution in [1.29, 1.82) is 0 Å². The van der Waals surface area contributed by atoms with Gasteiger partial charge in [-0.25, -0.2) is 4.79 Å². The summed E-state index contributed by atoms with van der Waals surface area (Å²) in [5, 5.41) is 12.4. The number of hydrogen-bond acceptors (Lipinski definition) is 3. The first-order chi connectivity index (χ1) is 8.67. The van der Waals surface area contributed by atoms with Crippen LogP contribution in [0.5, 0.6) is 0 Å². The van der Waals surface area contributed by atoms with Crippen molar-refractivity contribution in [2.24, 2.45) is 5.41 Å². The van der Waals surface area contributed by atoms with Crippen molar-refractivity contribution in [3.63, 3.8) is 0 Å². The summed E-state index contributed by atoms with van der Waals surface area (Å²) in [6.07, 6.45) is 6.70. The minimum absolute atomic E-state index is 0.297. The van der Waals surface area contributed by atoms with Crippen molar-refractivity contribution in [2.75, 3.05) is 6.54 Å². The van der Waals surface area contributed by atoms with Crippen LogP contribution in [0.25, 0.3) is 0 Å². The van der Waals surface area contributed by atoms with E-state index in [1.54, 1.807) is 18.3 Å². The second-order valence-electron chi connectivity index (χ2n) is 5.16. The molecule has 1 aromatic rings. The Bertz CT molecular complexity index is 428. The zero-order valence-electron chi connectivity index (χ0n) is 10.8. The Labute approximate surface area is 107 Å². The summed E-state index contributed by atoms with van der Waals surface area (Å²) < 4.78 is 0. The van der Waals surface area contributed by atoms with E-state index in [-0.39, 0.29) is 0 Å². The van der Waals surface area contributed by atoms with Crippen molar-refractivity contribution < 1.29 is 9.90 Å². The summed E-state index contributed by atoms with van der Waals surface area (Å²) in [4.78, 5) is 15.2. The zero-order chi connectivity index (χ0) is 13.0. The Hall–Kier alpha value is -1.42. The van der Waals surface area contributed by atoms with Crippen LogP contribution in [0.15, 0.2) is 18.3 Å². The summed E-state index contributed by atoms with van der Waals surface area (Å²) in [6, 6.07) is 3.26. The van der Waals surface area contributed by atoms with E-state index in [1.165, 1.54) is 25.7 Å². The molecule has 98 valence electrons. The van der Waals surface area contributed by atoms with Crippen LogP contribution < -0.4 is 5.32 Å². The molecule has 1 saturated carbocycles. The maximum atomic E-state index is 11.0. The molecule has 0 amide bonds. The third-order valence-corrected chi connectivity index (χ3v) is 3.65. The lowest BCUT2D eigenvalue weighted by atomic mass is 10.0. The van der Waals surface area contributed by atoms with E-state index in [1.807, 2.05) is 0 Å². The predicted molar refractivity (Wildman–Crippen MR) is 69.5 cm³/mol. The normalized spacial score (nSPS) is 16.5. The van der Waals surface area contributed by atoms with E-state index in [0.717, 1.165) is 6.54 Å². The molecule has 0 bridgehead atoms. The van der Waals surface area contributed by atoms with Crippen LogP contribution >= 0.6 is 0 Å². The molecule has 1 fully saturated rings. The molecule has 4 heteroatoms. The summed E-state index contributed by atoms with van der Waals surface area (Å²) >= 11 is 0. The zero-order valence-corrected chi connectivity index (χ0v) is 10.8. The standard InChI is InChI=1S/C14H20N2O2/c1-2-5-14(6-7-14)10-15-9-12-11(13(17)18)4-3-8-16-12/h3-4,8,15H,2,5-7,9-10H2,1H3,(H,17,18). The number of hydrogen-bond donors (Lipinski definition) is 2. The molecular weight excluding hydrogens is 228 g/mol. The number of nitrogens with one attached hydrogen (secondary N) is 1. The Morgan fingerprint density at radius 2 is 2.33 bits per heavy atom. The van der Waals surface area contributed by atoms with Gasteiger partial charge in [0.05, 0.1) is 11.3 Å². The Morgan fingerprint density at radius 3 is 2.94 bits per heavy atom. The molecule has 2 N–H and O–H groups in total. The van der Waals surface area contributed by atoms with Gasteiger partial charge in [0.15, 0.2) is 0 Å². The molecule has 0 aromatic carbocycles. The molecular formula is C14H20N2O2. The molecule has 0 unspecified atom stereocenters. The van der Waals surface area contributed by atoms with Crippen LogP contribution in [-0.2, 0) is 6.54 Å². The average Bonchev–Trinajstić information content (AvgIpc) is 3.10. The summed E-state index contributed by atoms with van der Waals surface area (Å²) in [6.45, 7) is 3.71. The number of aromatic nitrogens is 1. The average molecular weight is 248 g/mol. The highest BCUT2D eigenvalue weighted by Gasteiger charge is 2.40. The largest absolute Gasteiger partial charge is 0.478 e. The molecule has 18 heavy (non-hydrogen) atoms. The maximum Gasteiger partial charge on any atom is 0.337 e. The predicted octanol–water partition coefficient (Wildman–Crippen LogP) is 2.45. The third kappa shape index (κ3) is 3.07. The minimum atomic E-state index is -0.908. The highest BCUT2D eigenvalue weighted by molar-refractivity contribution is 5.88. The lowest BCUT2D eigenvalue weighted by molar-refractivity contribution is 0.0695. The molecule has 4 nitrogen and oxygen atoms in total. The summed E-state index contributed by atoms with van der Waals surface area (Å²) in [5.74, 6) is -0.908. The minimum Gasteiger partial charge on any atom is -0.478 e. The molecule has 0 spiro atoms. The van der Waals surface area contributed by atoms with Crippen molar-refractivity contribution in [2.45, 2.75) is 39.2 Å². The van der Waals surface area contributed by atoms with Crippen LogP contribution in [0.2, 0.25) is 0 Å². The van der Waals surface area contributed by atoms with Gasteiger partial charge in [0.25, 0.3) is 0 Å². The highest BCUT2D eigenvalue weighted by atomic mass is 16.4.